The second-order valence-corrected chi connectivity index (χ2v) is 8.26. The van der Waals surface area contributed by atoms with Crippen LogP contribution >= 0.6 is 11.8 Å². The molecule has 4 aromatic rings. The van der Waals surface area contributed by atoms with Crippen molar-refractivity contribution in [2.45, 2.75) is 44.0 Å². The number of nitrogens with zero attached hydrogens (tertiary/aromatic N) is 4. The Bertz CT molecular complexity index is 1210. The Morgan fingerprint density at radius 3 is 2.76 bits per heavy atom. The maximum atomic E-state index is 13.3. The molecule has 0 radical (unpaired) electrons. The lowest BCUT2D eigenvalue weighted by Gasteiger charge is -2.15. The first kappa shape index (κ1) is 19.4. The number of benzene rings is 2. The van der Waals surface area contributed by atoms with Crippen LogP contribution in [0.2, 0.25) is 0 Å². The van der Waals surface area contributed by atoms with Gasteiger partial charge in [0, 0.05) is 6.42 Å². The Labute approximate surface area is 173 Å². The third kappa shape index (κ3) is 3.96. The molecule has 0 aliphatic carbocycles. The van der Waals surface area contributed by atoms with E-state index in [2.05, 4.69) is 17.1 Å². The lowest BCUT2D eigenvalue weighted by molar-refractivity contribution is 0.374. The molecule has 148 valence electrons. The molecular formula is C22H22N4O2S. The maximum Gasteiger partial charge on any atom is 0.266 e. The number of aryl methyl sites for hydroxylation is 2. The molecule has 0 bridgehead atoms. The summed E-state index contributed by atoms with van der Waals surface area (Å²) in [4.78, 5) is 22.6. The van der Waals surface area contributed by atoms with E-state index in [1.54, 1.807) is 4.57 Å². The highest BCUT2D eigenvalue weighted by Crippen LogP contribution is 2.34. The molecule has 0 saturated carbocycles. The van der Waals surface area contributed by atoms with E-state index in [1.165, 1.54) is 11.8 Å². The second kappa shape index (κ2) is 8.21. The van der Waals surface area contributed by atoms with E-state index < -0.39 is 0 Å². The zero-order chi connectivity index (χ0) is 20.4. The quantitative estimate of drug-likeness (QED) is 0.335. The Morgan fingerprint density at radius 2 is 1.97 bits per heavy atom. The van der Waals surface area contributed by atoms with Crippen LogP contribution in [0.1, 0.15) is 42.8 Å². The normalized spacial score (nSPS) is 12.4. The van der Waals surface area contributed by atoms with Gasteiger partial charge in [-0.2, -0.15) is 4.98 Å². The van der Waals surface area contributed by atoms with Crippen LogP contribution in [0.15, 0.2) is 63.0 Å². The van der Waals surface area contributed by atoms with Gasteiger partial charge >= 0.3 is 0 Å². The summed E-state index contributed by atoms with van der Waals surface area (Å²) in [6.07, 6.45) is 1.74. The summed E-state index contributed by atoms with van der Waals surface area (Å²) in [5.74, 6) is 1.24. The first-order valence-electron chi connectivity index (χ1n) is 9.64. The van der Waals surface area contributed by atoms with E-state index in [0.29, 0.717) is 27.8 Å². The highest BCUT2D eigenvalue weighted by Gasteiger charge is 2.20. The van der Waals surface area contributed by atoms with E-state index in [4.69, 9.17) is 9.51 Å². The first-order chi connectivity index (χ1) is 14.1. The second-order valence-electron chi connectivity index (χ2n) is 6.95. The predicted octanol–water partition coefficient (Wildman–Crippen LogP) is 4.88. The molecule has 0 spiro atoms. The van der Waals surface area contributed by atoms with Gasteiger partial charge in [-0.1, -0.05) is 48.1 Å². The Kier molecular flexibility index (Phi) is 5.49. The molecule has 29 heavy (non-hydrogen) atoms. The number of thioether (sulfide) groups is 1. The minimum Gasteiger partial charge on any atom is -0.338 e. The zero-order valence-corrected chi connectivity index (χ0v) is 17.4. The van der Waals surface area contributed by atoms with Crippen molar-refractivity contribution in [2.75, 3.05) is 0 Å². The van der Waals surface area contributed by atoms with Crippen LogP contribution in [0.3, 0.4) is 0 Å². The molecule has 0 amide bonds. The molecule has 2 heterocycles. The molecule has 4 rings (SSSR count). The summed E-state index contributed by atoms with van der Waals surface area (Å²) in [7, 11) is 0. The van der Waals surface area contributed by atoms with Crippen molar-refractivity contribution < 1.29 is 4.52 Å². The molecule has 0 aliphatic rings. The summed E-state index contributed by atoms with van der Waals surface area (Å²) < 4.78 is 7.10. The Hall–Kier alpha value is -2.93. The topological polar surface area (TPSA) is 73.8 Å². The average Bonchev–Trinajstić information content (AvgIpc) is 3.17. The van der Waals surface area contributed by atoms with Crippen LogP contribution < -0.4 is 5.56 Å². The Morgan fingerprint density at radius 1 is 1.14 bits per heavy atom. The number of aromatic nitrogens is 4. The minimum atomic E-state index is -0.141. The number of para-hydroxylation sites is 1. The van der Waals surface area contributed by atoms with Crippen LogP contribution in [0, 0.1) is 6.92 Å². The van der Waals surface area contributed by atoms with Crippen LogP contribution in [-0.4, -0.2) is 19.7 Å². The highest BCUT2D eigenvalue weighted by atomic mass is 32.2. The van der Waals surface area contributed by atoms with Gasteiger partial charge in [-0.3, -0.25) is 9.36 Å². The van der Waals surface area contributed by atoms with Crippen LogP contribution in [0.5, 0.6) is 0 Å². The van der Waals surface area contributed by atoms with Crippen molar-refractivity contribution in [3.05, 3.63) is 76.2 Å². The first-order valence-corrected chi connectivity index (χ1v) is 10.5. The third-order valence-electron chi connectivity index (χ3n) is 4.59. The monoisotopic (exact) mass is 406 g/mol. The Balaban J connectivity index is 1.81. The summed E-state index contributed by atoms with van der Waals surface area (Å²) in [6.45, 7) is 6.07. The van der Waals surface area contributed by atoms with E-state index in [-0.39, 0.29) is 10.8 Å². The number of hydrogen-bond acceptors (Lipinski definition) is 6. The van der Waals surface area contributed by atoms with Crippen LogP contribution in [0.25, 0.3) is 16.6 Å². The maximum absolute atomic E-state index is 13.3. The lowest BCUT2D eigenvalue weighted by atomic mass is 10.2. The van der Waals surface area contributed by atoms with E-state index in [0.717, 1.165) is 24.1 Å². The smallest absolute Gasteiger partial charge is 0.266 e. The van der Waals surface area contributed by atoms with Crippen molar-refractivity contribution in [1.82, 2.24) is 19.7 Å². The zero-order valence-electron chi connectivity index (χ0n) is 16.6. The van der Waals surface area contributed by atoms with Gasteiger partial charge in [0.2, 0.25) is 5.89 Å². The van der Waals surface area contributed by atoms with Gasteiger partial charge in [-0.15, -0.1) is 0 Å². The van der Waals surface area contributed by atoms with Crippen molar-refractivity contribution in [3.63, 3.8) is 0 Å². The molecule has 0 unspecified atom stereocenters. The molecule has 6 nitrogen and oxygen atoms in total. The number of rotatable bonds is 6. The van der Waals surface area contributed by atoms with Gasteiger partial charge in [0.25, 0.3) is 5.56 Å². The number of fused-ring (bicyclic) bond motifs is 1. The molecule has 0 N–H and O–H groups in total. The SMILES string of the molecule is CCCc1noc([C@H](C)Sc2nc3ccccc3c(=O)n2-c2cccc(C)c2)n1. The molecule has 0 saturated heterocycles. The summed E-state index contributed by atoms with van der Waals surface area (Å²) in [5.41, 5.74) is 2.45. The third-order valence-corrected chi connectivity index (χ3v) is 5.63. The average molecular weight is 407 g/mol. The molecule has 1 atom stereocenters. The summed E-state index contributed by atoms with van der Waals surface area (Å²) in [5, 5.41) is 5.09. The van der Waals surface area contributed by atoms with Gasteiger partial charge in [-0.25, -0.2) is 4.98 Å². The van der Waals surface area contributed by atoms with Gasteiger partial charge < -0.3 is 4.52 Å². The highest BCUT2D eigenvalue weighted by molar-refractivity contribution is 7.99. The standard InChI is InChI=1S/C22H22N4O2S/c1-4-8-19-24-20(28-25-19)15(3)29-22-23-18-12-6-5-11-17(18)21(27)26(22)16-10-7-9-14(2)13-16/h5-7,9-13,15H,4,8H2,1-3H3/t15-/m0/s1. The lowest BCUT2D eigenvalue weighted by Crippen LogP contribution is -2.22. The number of hydrogen-bond donors (Lipinski definition) is 0. The molecule has 7 heteroatoms. The molecule has 2 aromatic heterocycles. The molecule has 2 aromatic carbocycles. The van der Waals surface area contributed by atoms with E-state index in [1.807, 2.05) is 62.4 Å². The predicted molar refractivity (Wildman–Crippen MR) is 115 cm³/mol. The van der Waals surface area contributed by atoms with Gasteiger partial charge in [0.1, 0.15) is 0 Å². The fourth-order valence-corrected chi connectivity index (χ4v) is 4.11. The summed E-state index contributed by atoms with van der Waals surface area (Å²) >= 11 is 1.44. The van der Waals surface area contributed by atoms with Crippen molar-refractivity contribution in [3.8, 4) is 5.69 Å². The van der Waals surface area contributed by atoms with E-state index in [9.17, 15) is 4.79 Å². The van der Waals surface area contributed by atoms with Crippen LogP contribution in [-0.2, 0) is 6.42 Å². The minimum absolute atomic E-state index is 0.0897. The van der Waals surface area contributed by atoms with Gasteiger partial charge in [-0.05, 0) is 50.1 Å². The van der Waals surface area contributed by atoms with Gasteiger partial charge in [0.05, 0.1) is 21.8 Å². The van der Waals surface area contributed by atoms with Gasteiger partial charge in [0.15, 0.2) is 11.0 Å². The molecule has 0 fully saturated rings. The van der Waals surface area contributed by atoms with Crippen molar-refractivity contribution in [2.24, 2.45) is 0 Å². The molecular weight excluding hydrogens is 384 g/mol. The largest absolute Gasteiger partial charge is 0.338 e. The fourth-order valence-electron chi connectivity index (χ4n) is 3.15. The molecule has 0 aliphatic heterocycles. The van der Waals surface area contributed by atoms with Crippen molar-refractivity contribution in [1.29, 1.82) is 0 Å². The van der Waals surface area contributed by atoms with E-state index >= 15 is 0 Å². The fraction of sp³-hybridized carbons (Fsp3) is 0.273. The van der Waals surface area contributed by atoms with Crippen molar-refractivity contribution >= 4 is 22.7 Å². The summed E-state index contributed by atoms with van der Waals surface area (Å²) in [6, 6.07) is 15.3. The van der Waals surface area contributed by atoms with Crippen LogP contribution in [0.4, 0.5) is 0 Å².